The van der Waals surface area contributed by atoms with Crippen molar-refractivity contribution < 1.29 is 8.78 Å². The molecule has 0 unspecified atom stereocenters. The molecule has 1 atom stereocenters. The van der Waals surface area contributed by atoms with Gasteiger partial charge in [0.1, 0.15) is 0 Å². The van der Waals surface area contributed by atoms with E-state index in [1.165, 1.54) is 6.42 Å². The lowest BCUT2D eigenvalue weighted by atomic mass is 10.1. The third-order valence-corrected chi connectivity index (χ3v) is 3.02. The molecular formula is C9H16F2N2. The second-order valence-corrected chi connectivity index (χ2v) is 4.00. The Morgan fingerprint density at radius 2 is 1.85 bits per heavy atom. The summed E-state index contributed by atoms with van der Waals surface area (Å²) >= 11 is 0. The number of hydrogen-bond acceptors (Lipinski definition) is 2. The van der Waals surface area contributed by atoms with Crippen LogP contribution < -0.4 is 5.32 Å². The first kappa shape index (κ1) is 9.34. The smallest absolute Gasteiger partial charge is 0.276 e. The van der Waals surface area contributed by atoms with Crippen LogP contribution in [0.1, 0.15) is 19.3 Å². The summed E-state index contributed by atoms with van der Waals surface area (Å²) < 4.78 is 26.6. The molecule has 2 fully saturated rings. The first-order chi connectivity index (χ1) is 6.20. The molecule has 4 heteroatoms. The van der Waals surface area contributed by atoms with Crippen LogP contribution in [-0.2, 0) is 0 Å². The fourth-order valence-electron chi connectivity index (χ4n) is 2.27. The van der Waals surface area contributed by atoms with Crippen LogP contribution in [0, 0.1) is 0 Å². The molecule has 0 saturated carbocycles. The molecule has 1 N–H and O–H groups in total. The summed E-state index contributed by atoms with van der Waals surface area (Å²) in [7, 11) is 0. The Morgan fingerprint density at radius 3 is 2.38 bits per heavy atom. The minimum absolute atomic E-state index is 0.145. The minimum Gasteiger partial charge on any atom is -0.309 e. The Kier molecular flexibility index (Phi) is 2.51. The number of piperidine rings is 1. The third-order valence-electron chi connectivity index (χ3n) is 3.02. The second-order valence-electron chi connectivity index (χ2n) is 4.00. The molecule has 0 spiro atoms. The zero-order chi connectivity index (χ0) is 9.31. The number of nitrogens with zero attached hydrogens (tertiary/aromatic N) is 1. The molecular weight excluding hydrogens is 174 g/mol. The van der Waals surface area contributed by atoms with Crippen molar-refractivity contribution in [2.45, 2.75) is 31.2 Å². The molecule has 2 aliphatic rings. The predicted octanol–water partition coefficient (Wildman–Crippen LogP) is 1.08. The summed E-state index contributed by atoms with van der Waals surface area (Å²) in [4.78, 5) is 1.95. The highest BCUT2D eigenvalue weighted by Gasteiger charge is 2.46. The molecule has 13 heavy (non-hydrogen) atoms. The van der Waals surface area contributed by atoms with E-state index in [9.17, 15) is 8.78 Å². The van der Waals surface area contributed by atoms with E-state index >= 15 is 0 Å². The Hall–Kier alpha value is -0.220. The van der Waals surface area contributed by atoms with Gasteiger partial charge in [-0.3, -0.25) is 4.90 Å². The van der Waals surface area contributed by atoms with Gasteiger partial charge in [-0.1, -0.05) is 6.42 Å². The number of likely N-dealkylation sites (tertiary alicyclic amines) is 1. The van der Waals surface area contributed by atoms with Crippen LogP contribution in [-0.4, -0.2) is 43.0 Å². The maximum atomic E-state index is 13.3. The highest BCUT2D eigenvalue weighted by atomic mass is 19.3. The molecule has 2 rings (SSSR count). The van der Waals surface area contributed by atoms with Gasteiger partial charge in [-0.2, -0.15) is 0 Å². The van der Waals surface area contributed by atoms with Crippen molar-refractivity contribution in [2.24, 2.45) is 0 Å². The van der Waals surface area contributed by atoms with Gasteiger partial charge in [0.2, 0.25) is 0 Å². The van der Waals surface area contributed by atoms with Crippen LogP contribution in [0.25, 0.3) is 0 Å². The van der Waals surface area contributed by atoms with Crippen LogP contribution in [0.15, 0.2) is 0 Å². The first-order valence-corrected chi connectivity index (χ1v) is 5.03. The van der Waals surface area contributed by atoms with Crippen molar-refractivity contribution in [1.82, 2.24) is 10.2 Å². The van der Waals surface area contributed by atoms with Crippen molar-refractivity contribution in [3.05, 3.63) is 0 Å². The van der Waals surface area contributed by atoms with Gasteiger partial charge in [0.25, 0.3) is 5.92 Å². The number of hydrogen-bond donors (Lipinski definition) is 1. The minimum atomic E-state index is -2.52. The molecule has 0 aromatic rings. The molecule has 0 bridgehead atoms. The van der Waals surface area contributed by atoms with E-state index in [2.05, 4.69) is 5.32 Å². The monoisotopic (exact) mass is 190 g/mol. The van der Waals surface area contributed by atoms with Gasteiger partial charge in [0.15, 0.2) is 0 Å². The third kappa shape index (κ3) is 1.83. The van der Waals surface area contributed by atoms with Crippen molar-refractivity contribution in [3.63, 3.8) is 0 Å². The van der Waals surface area contributed by atoms with Gasteiger partial charge in [-0.25, -0.2) is 8.78 Å². The zero-order valence-corrected chi connectivity index (χ0v) is 7.73. The highest BCUT2D eigenvalue weighted by Crippen LogP contribution is 2.28. The Balaban J connectivity index is 1.98. The van der Waals surface area contributed by atoms with Gasteiger partial charge in [0.05, 0.1) is 12.6 Å². The topological polar surface area (TPSA) is 15.3 Å². The molecule has 0 amide bonds. The van der Waals surface area contributed by atoms with Gasteiger partial charge < -0.3 is 5.32 Å². The fourth-order valence-corrected chi connectivity index (χ4v) is 2.27. The van der Waals surface area contributed by atoms with E-state index in [1.54, 1.807) is 0 Å². The maximum absolute atomic E-state index is 13.3. The van der Waals surface area contributed by atoms with E-state index in [-0.39, 0.29) is 6.54 Å². The van der Waals surface area contributed by atoms with Crippen molar-refractivity contribution >= 4 is 0 Å². The molecule has 0 aromatic carbocycles. The van der Waals surface area contributed by atoms with E-state index in [0.29, 0.717) is 6.54 Å². The Bertz CT molecular complexity index is 178. The lowest BCUT2D eigenvalue weighted by Crippen LogP contribution is -2.49. The van der Waals surface area contributed by atoms with Gasteiger partial charge in [-0.15, -0.1) is 0 Å². The van der Waals surface area contributed by atoms with Crippen LogP contribution >= 0.6 is 0 Å². The lowest BCUT2D eigenvalue weighted by molar-refractivity contribution is -0.0525. The molecule has 0 radical (unpaired) electrons. The Labute approximate surface area is 77.3 Å². The predicted molar refractivity (Wildman–Crippen MR) is 47.0 cm³/mol. The molecule has 2 heterocycles. The molecule has 0 aliphatic carbocycles. The van der Waals surface area contributed by atoms with E-state index in [1.807, 2.05) is 4.90 Å². The Morgan fingerprint density at radius 1 is 1.15 bits per heavy atom. The quantitative estimate of drug-likeness (QED) is 0.665. The van der Waals surface area contributed by atoms with E-state index in [0.717, 1.165) is 25.9 Å². The van der Waals surface area contributed by atoms with Crippen LogP contribution in [0.3, 0.4) is 0 Å². The summed E-state index contributed by atoms with van der Waals surface area (Å²) in [6.45, 7) is 2.00. The SMILES string of the molecule is FC1(F)CNC[C@@H]1N1CCCCC1. The zero-order valence-electron chi connectivity index (χ0n) is 7.73. The highest BCUT2D eigenvalue weighted by molar-refractivity contribution is 4.95. The summed E-state index contributed by atoms with van der Waals surface area (Å²) in [6.07, 6.45) is 3.35. The van der Waals surface area contributed by atoms with Crippen LogP contribution in [0.5, 0.6) is 0 Å². The lowest BCUT2D eigenvalue weighted by Gasteiger charge is -2.34. The maximum Gasteiger partial charge on any atom is 0.276 e. The van der Waals surface area contributed by atoms with Crippen molar-refractivity contribution in [3.8, 4) is 0 Å². The van der Waals surface area contributed by atoms with Gasteiger partial charge >= 0.3 is 0 Å². The standard InChI is InChI=1S/C9H16F2N2/c10-9(11)7-12-6-8(9)13-4-2-1-3-5-13/h8,12H,1-7H2/t8-/m0/s1. The molecule has 2 aliphatic heterocycles. The first-order valence-electron chi connectivity index (χ1n) is 5.03. The molecule has 2 saturated heterocycles. The summed E-state index contributed by atoms with van der Waals surface area (Å²) in [5.74, 6) is -2.52. The van der Waals surface area contributed by atoms with Gasteiger partial charge in [0, 0.05) is 6.54 Å². The number of halogens is 2. The largest absolute Gasteiger partial charge is 0.309 e. The normalized spacial score (nSPS) is 35.1. The summed E-state index contributed by atoms with van der Waals surface area (Å²) in [6, 6.07) is -0.548. The number of alkyl halides is 2. The van der Waals surface area contributed by atoms with Gasteiger partial charge in [-0.05, 0) is 25.9 Å². The van der Waals surface area contributed by atoms with Crippen molar-refractivity contribution in [1.29, 1.82) is 0 Å². The number of rotatable bonds is 1. The van der Waals surface area contributed by atoms with Crippen molar-refractivity contribution in [2.75, 3.05) is 26.2 Å². The second kappa shape index (κ2) is 3.50. The molecule has 2 nitrogen and oxygen atoms in total. The van der Waals surface area contributed by atoms with E-state index < -0.39 is 12.0 Å². The number of nitrogens with one attached hydrogen (secondary N) is 1. The van der Waals surface area contributed by atoms with Crippen LogP contribution in [0.4, 0.5) is 8.78 Å². The summed E-state index contributed by atoms with van der Waals surface area (Å²) in [5, 5.41) is 2.77. The average Bonchev–Trinajstić information content (AvgIpc) is 2.47. The molecule has 0 aromatic heterocycles. The fraction of sp³-hybridized carbons (Fsp3) is 1.00. The summed E-state index contributed by atoms with van der Waals surface area (Å²) in [5.41, 5.74) is 0. The average molecular weight is 190 g/mol. The van der Waals surface area contributed by atoms with E-state index in [4.69, 9.17) is 0 Å². The van der Waals surface area contributed by atoms with Crippen LogP contribution in [0.2, 0.25) is 0 Å². The molecule has 76 valence electrons.